The van der Waals surface area contributed by atoms with Crippen molar-refractivity contribution < 1.29 is 28.8 Å². The lowest BCUT2D eigenvalue weighted by Crippen LogP contribution is -2.49. The molecule has 0 radical (unpaired) electrons. The number of benzene rings is 3. The second-order valence-corrected chi connectivity index (χ2v) is 7.63. The largest absolute Gasteiger partial charge is 0.390 e. The maximum atomic E-state index is 12.7. The van der Waals surface area contributed by atoms with Crippen molar-refractivity contribution in [3.05, 3.63) is 108 Å². The molecule has 0 spiro atoms. The zero-order valence-corrected chi connectivity index (χ0v) is 18.5. The number of nitrogens with one attached hydrogen (secondary N) is 1. The number of rotatable bonds is 9. The van der Waals surface area contributed by atoms with Gasteiger partial charge in [-0.25, -0.2) is 4.79 Å². The molecule has 1 aliphatic rings. The standard InChI is InChI=1S/C26H24N2O6/c1-32-25(24(31)34-28-22(29)17-18-23(28)30)33-27-26(19-11-5-2-6-12-19,20-13-7-3-8-14-20)21-15-9-4-10-16-21/h2-16,25,27H,17-18H2,1H3. The van der Waals surface area contributed by atoms with Gasteiger partial charge >= 0.3 is 5.97 Å². The first-order valence-corrected chi connectivity index (χ1v) is 10.8. The van der Waals surface area contributed by atoms with Gasteiger partial charge in [0.05, 0.1) is 0 Å². The van der Waals surface area contributed by atoms with Gasteiger partial charge in [0.25, 0.3) is 18.1 Å². The van der Waals surface area contributed by atoms with E-state index in [1.54, 1.807) is 0 Å². The molecule has 1 saturated heterocycles. The summed E-state index contributed by atoms with van der Waals surface area (Å²) < 4.78 is 5.19. The normalized spacial score (nSPS) is 14.8. The van der Waals surface area contributed by atoms with Gasteiger partial charge in [-0.2, -0.15) is 5.48 Å². The minimum absolute atomic E-state index is 0.0119. The van der Waals surface area contributed by atoms with Crippen LogP contribution in [0.4, 0.5) is 0 Å². The van der Waals surface area contributed by atoms with Crippen LogP contribution in [0.1, 0.15) is 29.5 Å². The van der Waals surface area contributed by atoms with Gasteiger partial charge in [0, 0.05) is 20.0 Å². The van der Waals surface area contributed by atoms with Gasteiger partial charge < -0.3 is 9.57 Å². The summed E-state index contributed by atoms with van der Waals surface area (Å²) in [6.07, 6.45) is -1.58. The third kappa shape index (κ3) is 4.60. The van der Waals surface area contributed by atoms with Crippen molar-refractivity contribution in [2.45, 2.75) is 24.7 Å². The molecule has 0 saturated carbocycles. The number of ether oxygens (including phenoxy) is 1. The molecule has 3 aromatic carbocycles. The van der Waals surface area contributed by atoms with Crippen LogP contribution in [0.15, 0.2) is 91.0 Å². The summed E-state index contributed by atoms with van der Waals surface area (Å²) in [5.74, 6) is -2.22. The Morgan fingerprint density at radius 3 is 1.59 bits per heavy atom. The fraction of sp³-hybridized carbons (Fsp3) is 0.192. The summed E-state index contributed by atoms with van der Waals surface area (Å²) in [5.41, 5.74) is 4.56. The van der Waals surface area contributed by atoms with Crippen LogP contribution in [-0.4, -0.2) is 36.2 Å². The van der Waals surface area contributed by atoms with E-state index in [9.17, 15) is 14.4 Å². The summed E-state index contributed by atoms with van der Waals surface area (Å²) in [4.78, 5) is 47.1. The van der Waals surface area contributed by atoms with Gasteiger partial charge in [-0.05, 0) is 16.7 Å². The van der Waals surface area contributed by atoms with Crippen molar-refractivity contribution >= 4 is 17.8 Å². The Morgan fingerprint density at radius 1 is 0.794 bits per heavy atom. The van der Waals surface area contributed by atoms with E-state index in [1.807, 2.05) is 91.0 Å². The highest BCUT2D eigenvalue weighted by atomic mass is 16.8. The third-order valence-electron chi connectivity index (χ3n) is 5.53. The summed E-state index contributed by atoms with van der Waals surface area (Å²) in [5, 5.41) is 0.455. The molecule has 1 N–H and O–H groups in total. The molecular weight excluding hydrogens is 436 g/mol. The molecule has 2 amide bonds. The maximum absolute atomic E-state index is 12.7. The van der Waals surface area contributed by atoms with Crippen LogP contribution in [0.3, 0.4) is 0 Å². The van der Waals surface area contributed by atoms with Gasteiger partial charge in [0.1, 0.15) is 5.54 Å². The molecule has 0 bridgehead atoms. The highest BCUT2D eigenvalue weighted by Crippen LogP contribution is 2.37. The molecule has 8 nitrogen and oxygen atoms in total. The summed E-state index contributed by atoms with van der Waals surface area (Å²) >= 11 is 0. The van der Waals surface area contributed by atoms with E-state index in [0.717, 1.165) is 16.7 Å². The maximum Gasteiger partial charge on any atom is 0.390 e. The summed E-state index contributed by atoms with van der Waals surface area (Å²) in [6, 6.07) is 28.8. The molecule has 1 atom stereocenters. The molecule has 3 aromatic rings. The van der Waals surface area contributed by atoms with Crippen LogP contribution >= 0.6 is 0 Å². The second kappa shape index (κ2) is 10.4. The van der Waals surface area contributed by atoms with Crippen molar-refractivity contribution in [1.29, 1.82) is 0 Å². The second-order valence-electron chi connectivity index (χ2n) is 7.63. The average Bonchev–Trinajstić information content (AvgIpc) is 3.20. The van der Waals surface area contributed by atoms with Crippen LogP contribution in [0.5, 0.6) is 0 Å². The van der Waals surface area contributed by atoms with Gasteiger partial charge in [-0.15, -0.1) is 5.06 Å². The van der Waals surface area contributed by atoms with Gasteiger partial charge in [-0.3, -0.25) is 14.4 Å². The Hall–Kier alpha value is -3.85. The van der Waals surface area contributed by atoms with Crippen molar-refractivity contribution in [3.8, 4) is 0 Å². The minimum Gasteiger partial charge on any atom is -0.345 e. The van der Waals surface area contributed by atoms with Gasteiger partial charge in [0.15, 0.2) is 0 Å². The van der Waals surface area contributed by atoms with Gasteiger partial charge in [0.2, 0.25) is 0 Å². The van der Waals surface area contributed by atoms with E-state index in [0.29, 0.717) is 5.06 Å². The summed E-state index contributed by atoms with van der Waals surface area (Å²) in [7, 11) is 1.26. The SMILES string of the molecule is COC(ONC(c1ccccc1)(c1ccccc1)c1ccccc1)C(=O)ON1C(=O)CCC1=O. The molecule has 8 heteroatoms. The van der Waals surface area contributed by atoms with Crippen molar-refractivity contribution in [1.82, 2.24) is 10.5 Å². The first-order chi connectivity index (χ1) is 16.6. The first kappa shape index (κ1) is 23.3. The van der Waals surface area contributed by atoms with E-state index < -0.39 is 29.6 Å². The molecule has 1 fully saturated rings. The number of methoxy groups -OCH3 is 1. The Labute approximate surface area is 197 Å². The van der Waals surface area contributed by atoms with E-state index in [2.05, 4.69) is 5.48 Å². The Morgan fingerprint density at radius 2 is 1.21 bits per heavy atom. The number of hydrogen-bond acceptors (Lipinski definition) is 7. The Balaban J connectivity index is 1.69. The number of carbonyl (C=O) groups is 3. The minimum atomic E-state index is -1.56. The molecular formula is C26H24N2O6. The predicted molar refractivity (Wildman–Crippen MR) is 121 cm³/mol. The molecule has 0 aromatic heterocycles. The van der Waals surface area contributed by atoms with E-state index >= 15 is 0 Å². The topological polar surface area (TPSA) is 94.2 Å². The fourth-order valence-electron chi connectivity index (χ4n) is 3.87. The quantitative estimate of drug-likeness (QED) is 0.227. The number of nitrogens with zero attached hydrogens (tertiary/aromatic N) is 1. The van der Waals surface area contributed by atoms with Crippen LogP contribution in [0.25, 0.3) is 0 Å². The van der Waals surface area contributed by atoms with Crippen LogP contribution in [-0.2, 0) is 34.3 Å². The van der Waals surface area contributed by atoms with E-state index in [4.69, 9.17) is 14.4 Å². The molecule has 34 heavy (non-hydrogen) atoms. The average molecular weight is 460 g/mol. The van der Waals surface area contributed by atoms with E-state index in [-0.39, 0.29) is 12.8 Å². The highest BCUT2D eigenvalue weighted by molar-refractivity contribution is 6.01. The first-order valence-electron chi connectivity index (χ1n) is 10.8. The molecule has 0 aliphatic carbocycles. The van der Waals surface area contributed by atoms with Crippen molar-refractivity contribution in [2.24, 2.45) is 0 Å². The Bertz CT molecular complexity index is 1030. The number of amides is 2. The molecule has 1 aliphatic heterocycles. The number of hydrogen-bond donors (Lipinski definition) is 1. The summed E-state index contributed by atoms with van der Waals surface area (Å²) in [6.45, 7) is 0. The number of carbonyl (C=O) groups excluding carboxylic acids is 3. The number of imide groups is 1. The lowest BCUT2D eigenvalue weighted by Gasteiger charge is -2.37. The number of hydroxylamine groups is 3. The van der Waals surface area contributed by atoms with Crippen molar-refractivity contribution in [3.63, 3.8) is 0 Å². The monoisotopic (exact) mass is 460 g/mol. The highest BCUT2D eigenvalue weighted by Gasteiger charge is 2.40. The zero-order valence-electron chi connectivity index (χ0n) is 18.5. The van der Waals surface area contributed by atoms with Crippen LogP contribution in [0.2, 0.25) is 0 Å². The van der Waals surface area contributed by atoms with E-state index in [1.165, 1.54) is 7.11 Å². The lowest BCUT2D eigenvalue weighted by atomic mass is 9.78. The molecule has 1 heterocycles. The molecule has 1 unspecified atom stereocenters. The fourth-order valence-corrected chi connectivity index (χ4v) is 3.87. The van der Waals surface area contributed by atoms with Crippen LogP contribution in [0, 0.1) is 0 Å². The molecule has 4 rings (SSSR count). The smallest absolute Gasteiger partial charge is 0.345 e. The predicted octanol–water partition coefficient (Wildman–Crippen LogP) is 3.08. The van der Waals surface area contributed by atoms with Crippen molar-refractivity contribution in [2.75, 3.05) is 7.11 Å². The third-order valence-corrected chi connectivity index (χ3v) is 5.53. The Kier molecular flexibility index (Phi) is 7.12. The van der Waals surface area contributed by atoms with Gasteiger partial charge in [-0.1, -0.05) is 91.0 Å². The molecule has 174 valence electrons. The lowest BCUT2D eigenvalue weighted by molar-refractivity contribution is -0.236. The zero-order chi connectivity index (χ0) is 24.0. The van der Waals surface area contributed by atoms with Crippen LogP contribution < -0.4 is 5.48 Å².